The third-order valence-electron chi connectivity index (χ3n) is 2.82. The molecule has 1 atom stereocenters. The molecule has 1 heterocycles. The van der Waals surface area contributed by atoms with Crippen molar-refractivity contribution in [2.24, 2.45) is 13.0 Å². The molecule has 2 amide bonds. The van der Waals surface area contributed by atoms with Gasteiger partial charge in [-0.3, -0.25) is 9.59 Å². The van der Waals surface area contributed by atoms with Crippen LogP contribution in [0.15, 0.2) is 21.5 Å². The highest BCUT2D eigenvalue weighted by molar-refractivity contribution is 9.10. The number of carbonyl (C=O) groups excluding carboxylic acids is 2. The van der Waals surface area contributed by atoms with Gasteiger partial charge in [-0.15, -0.1) is 0 Å². The van der Waals surface area contributed by atoms with Crippen LogP contribution in [0.25, 0.3) is 0 Å². The van der Waals surface area contributed by atoms with E-state index in [1.807, 2.05) is 0 Å². The summed E-state index contributed by atoms with van der Waals surface area (Å²) in [5.74, 6) is -0.513. The summed E-state index contributed by atoms with van der Waals surface area (Å²) in [5.41, 5.74) is 0.243. The van der Waals surface area contributed by atoms with E-state index in [2.05, 4.69) is 31.3 Å². The molecule has 0 saturated carbocycles. The first-order chi connectivity index (χ1) is 9.76. The van der Waals surface area contributed by atoms with E-state index in [0.29, 0.717) is 10.2 Å². The molecule has 8 heteroatoms. The fourth-order valence-corrected chi connectivity index (χ4v) is 2.21. The van der Waals surface area contributed by atoms with Gasteiger partial charge in [-0.25, -0.2) is 4.79 Å². The average molecular weight is 360 g/mol. The molecule has 0 radical (unpaired) electrons. The fraction of sp³-hybridized carbons (Fsp3) is 0.462. The number of carbonyl (C=O) groups is 2. The van der Waals surface area contributed by atoms with Crippen LogP contribution in [-0.2, 0) is 16.6 Å². The minimum atomic E-state index is -0.742. The number of ether oxygens (including phenoxy) is 1. The van der Waals surface area contributed by atoms with E-state index >= 15 is 0 Å². The van der Waals surface area contributed by atoms with Gasteiger partial charge in [-0.05, 0) is 27.9 Å². The third-order valence-corrected chi connectivity index (χ3v) is 3.38. The highest BCUT2D eigenvalue weighted by atomic mass is 79.9. The first-order valence-corrected chi connectivity index (χ1v) is 7.07. The van der Waals surface area contributed by atoms with Gasteiger partial charge in [0.1, 0.15) is 6.04 Å². The second kappa shape index (κ2) is 7.26. The van der Waals surface area contributed by atoms with E-state index in [0.717, 1.165) is 0 Å². The number of aryl methyl sites for hydroxylation is 1. The number of aromatic nitrogens is 1. The molecule has 0 unspecified atom stereocenters. The van der Waals surface area contributed by atoms with E-state index in [4.69, 9.17) is 0 Å². The van der Waals surface area contributed by atoms with Crippen LogP contribution in [0, 0.1) is 5.92 Å². The molecule has 0 bridgehead atoms. The maximum absolute atomic E-state index is 12.2. The van der Waals surface area contributed by atoms with Crippen LogP contribution in [0.2, 0.25) is 0 Å². The summed E-state index contributed by atoms with van der Waals surface area (Å²) >= 11 is 3.13. The second-order valence-electron chi connectivity index (χ2n) is 4.84. The minimum absolute atomic E-state index is 0.125. The second-order valence-corrected chi connectivity index (χ2v) is 5.69. The van der Waals surface area contributed by atoms with E-state index < -0.39 is 12.1 Å². The van der Waals surface area contributed by atoms with Crippen molar-refractivity contribution in [3.63, 3.8) is 0 Å². The Hall–Kier alpha value is -1.83. The monoisotopic (exact) mass is 359 g/mol. The Labute approximate surface area is 130 Å². The molecular weight excluding hydrogens is 342 g/mol. The number of anilines is 1. The Morgan fingerprint density at radius 3 is 2.48 bits per heavy atom. The van der Waals surface area contributed by atoms with Crippen LogP contribution < -0.4 is 16.2 Å². The van der Waals surface area contributed by atoms with Crippen LogP contribution in [-0.4, -0.2) is 29.7 Å². The van der Waals surface area contributed by atoms with Crippen molar-refractivity contribution in [1.82, 2.24) is 9.88 Å². The number of pyridine rings is 1. The van der Waals surface area contributed by atoms with Gasteiger partial charge in [0, 0.05) is 13.2 Å². The van der Waals surface area contributed by atoms with Crippen LogP contribution in [0.4, 0.5) is 10.5 Å². The molecule has 1 rings (SSSR count). The first-order valence-electron chi connectivity index (χ1n) is 6.27. The average Bonchev–Trinajstić information content (AvgIpc) is 2.41. The van der Waals surface area contributed by atoms with Crippen molar-refractivity contribution in [3.05, 3.63) is 27.1 Å². The van der Waals surface area contributed by atoms with E-state index in [1.165, 1.54) is 23.9 Å². The van der Waals surface area contributed by atoms with Gasteiger partial charge < -0.3 is 19.9 Å². The number of nitrogens with one attached hydrogen (secondary N) is 2. The topological polar surface area (TPSA) is 89.4 Å². The molecule has 0 aliphatic rings. The molecule has 2 N–H and O–H groups in total. The Morgan fingerprint density at radius 2 is 2.00 bits per heavy atom. The zero-order valence-corrected chi connectivity index (χ0v) is 13.9. The predicted octanol–water partition coefficient (Wildman–Crippen LogP) is 1.47. The van der Waals surface area contributed by atoms with Crippen LogP contribution in [0.1, 0.15) is 13.8 Å². The van der Waals surface area contributed by atoms with Crippen molar-refractivity contribution < 1.29 is 14.3 Å². The molecule has 0 aliphatic carbocycles. The van der Waals surface area contributed by atoms with Crippen LogP contribution >= 0.6 is 15.9 Å². The molecule has 0 aliphatic heterocycles. The maximum Gasteiger partial charge on any atom is 0.407 e. The lowest BCUT2D eigenvalue weighted by atomic mass is 10.0. The molecule has 0 saturated heterocycles. The van der Waals surface area contributed by atoms with Gasteiger partial charge in [0.15, 0.2) is 0 Å². The molecule has 1 aromatic heterocycles. The Bertz CT molecular complexity index is 571. The molecule has 116 valence electrons. The normalized spacial score (nSPS) is 11.9. The highest BCUT2D eigenvalue weighted by Gasteiger charge is 2.24. The Balaban J connectivity index is 2.92. The fourth-order valence-electron chi connectivity index (χ4n) is 1.68. The lowest BCUT2D eigenvalue weighted by Gasteiger charge is -2.21. The SMILES string of the molecule is COC(=O)N[C@H](C(=O)Nc1cc(Br)c(=O)n(C)c1)C(C)C. The quantitative estimate of drug-likeness (QED) is 0.851. The third kappa shape index (κ3) is 4.59. The number of nitrogens with zero attached hydrogens (tertiary/aromatic N) is 1. The summed E-state index contributed by atoms with van der Waals surface area (Å²) < 4.78 is 6.19. The predicted molar refractivity (Wildman–Crippen MR) is 82.2 cm³/mol. The standard InChI is InChI=1S/C13H18BrN3O4/c1-7(2)10(16-13(20)21-4)11(18)15-8-5-9(14)12(19)17(3)6-8/h5-7,10H,1-4H3,(H,15,18)(H,16,20)/t10-/m0/s1. The van der Waals surface area contributed by atoms with Crippen molar-refractivity contribution >= 4 is 33.6 Å². The summed E-state index contributed by atoms with van der Waals surface area (Å²) in [7, 11) is 2.81. The van der Waals surface area contributed by atoms with Gasteiger partial charge in [0.25, 0.3) is 5.56 Å². The molecule has 7 nitrogen and oxygen atoms in total. The molecule has 0 aromatic carbocycles. The first kappa shape index (κ1) is 17.2. The molecule has 21 heavy (non-hydrogen) atoms. The number of halogens is 1. The number of methoxy groups -OCH3 is 1. The number of hydrogen-bond donors (Lipinski definition) is 2. The Kier molecular flexibility index (Phi) is 5.95. The maximum atomic E-state index is 12.2. The van der Waals surface area contributed by atoms with Gasteiger partial charge in [0.05, 0.1) is 17.3 Å². The summed E-state index contributed by atoms with van der Waals surface area (Å²) in [6.45, 7) is 3.60. The summed E-state index contributed by atoms with van der Waals surface area (Å²) in [4.78, 5) is 35.1. The van der Waals surface area contributed by atoms with E-state index in [1.54, 1.807) is 20.9 Å². The van der Waals surface area contributed by atoms with E-state index in [-0.39, 0.29) is 17.4 Å². The summed E-state index contributed by atoms with van der Waals surface area (Å²) in [6.07, 6.45) is 0.825. The van der Waals surface area contributed by atoms with Crippen molar-refractivity contribution in [3.8, 4) is 0 Å². The Morgan fingerprint density at radius 1 is 1.38 bits per heavy atom. The molecule has 0 fully saturated rings. The minimum Gasteiger partial charge on any atom is -0.453 e. The molecule has 1 aromatic rings. The number of amides is 2. The van der Waals surface area contributed by atoms with Crippen LogP contribution in [0.5, 0.6) is 0 Å². The zero-order valence-electron chi connectivity index (χ0n) is 12.3. The van der Waals surface area contributed by atoms with Gasteiger partial charge in [0.2, 0.25) is 5.91 Å². The van der Waals surface area contributed by atoms with Crippen molar-refractivity contribution in [2.45, 2.75) is 19.9 Å². The number of alkyl carbamates (subject to hydrolysis) is 1. The number of rotatable bonds is 4. The zero-order chi connectivity index (χ0) is 16.2. The lowest BCUT2D eigenvalue weighted by molar-refractivity contribution is -0.119. The largest absolute Gasteiger partial charge is 0.453 e. The lowest BCUT2D eigenvalue weighted by Crippen LogP contribution is -2.47. The molecular formula is C13H18BrN3O4. The van der Waals surface area contributed by atoms with E-state index in [9.17, 15) is 14.4 Å². The van der Waals surface area contributed by atoms with Crippen molar-refractivity contribution in [1.29, 1.82) is 0 Å². The summed E-state index contributed by atoms with van der Waals surface area (Å²) in [5, 5.41) is 5.14. The number of hydrogen-bond acceptors (Lipinski definition) is 4. The van der Waals surface area contributed by atoms with Gasteiger partial charge in [-0.1, -0.05) is 13.8 Å². The van der Waals surface area contributed by atoms with Gasteiger partial charge >= 0.3 is 6.09 Å². The summed E-state index contributed by atoms with van der Waals surface area (Å²) in [6, 6.07) is 0.768. The van der Waals surface area contributed by atoms with Gasteiger partial charge in [-0.2, -0.15) is 0 Å². The highest BCUT2D eigenvalue weighted by Crippen LogP contribution is 2.13. The van der Waals surface area contributed by atoms with Crippen LogP contribution in [0.3, 0.4) is 0 Å². The smallest absolute Gasteiger partial charge is 0.407 e. The molecule has 0 spiro atoms. The van der Waals surface area contributed by atoms with Crippen molar-refractivity contribution in [2.75, 3.05) is 12.4 Å².